The van der Waals surface area contributed by atoms with Crippen LogP contribution in [0.4, 0.5) is 0 Å². The van der Waals surface area contributed by atoms with Crippen molar-refractivity contribution < 1.29 is 4.42 Å². The number of furan rings is 1. The van der Waals surface area contributed by atoms with Crippen molar-refractivity contribution in [1.82, 2.24) is 15.0 Å². The molecule has 7 aromatic carbocycles. The summed E-state index contributed by atoms with van der Waals surface area (Å²) in [4.78, 5) is 15.1. The van der Waals surface area contributed by atoms with Gasteiger partial charge in [-0.3, -0.25) is 0 Å². The Morgan fingerprint density at radius 2 is 1.16 bits per heavy atom. The highest BCUT2D eigenvalue weighted by atomic mass is 32.1. The van der Waals surface area contributed by atoms with Crippen molar-refractivity contribution in [3.63, 3.8) is 0 Å². The number of rotatable bonds is 6. The van der Waals surface area contributed by atoms with E-state index >= 15 is 0 Å². The maximum absolute atomic E-state index is 6.66. The molecule has 0 radical (unpaired) electrons. The molecule has 0 N–H and O–H groups in total. The molecule has 3 heterocycles. The van der Waals surface area contributed by atoms with E-state index in [-0.39, 0.29) is 0 Å². The molecule has 1 unspecified atom stereocenters. The lowest BCUT2D eigenvalue weighted by Gasteiger charge is -2.14. The molecule has 0 fully saturated rings. The van der Waals surface area contributed by atoms with E-state index in [0.29, 0.717) is 23.4 Å². The van der Waals surface area contributed by atoms with Gasteiger partial charge in [-0.1, -0.05) is 152 Å². The van der Waals surface area contributed by atoms with Crippen molar-refractivity contribution in [1.29, 1.82) is 0 Å². The largest absolute Gasteiger partial charge is 0.455 e. The molecule has 0 spiro atoms. The Balaban J connectivity index is 1.00. The van der Waals surface area contributed by atoms with Crippen LogP contribution in [-0.4, -0.2) is 15.0 Å². The first-order valence-corrected chi connectivity index (χ1v) is 19.8. The molecule has 264 valence electrons. The third-order valence-corrected chi connectivity index (χ3v) is 12.0. The minimum atomic E-state index is 0.376. The van der Waals surface area contributed by atoms with E-state index in [1.165, 1.54) is 42.4 Å². The molecule has 1 atom stereocenters. The van der Waals surface area contributed by atoms with Crippen LogP contribution in [0.15, 0.2) is 186 Å². The quantitative estimate of drug-likeness (QED) is 0.171. The lowest BCUT2D eigenvalue weighted by Crippen LogP contribution is -2.01. The van der Waals surface area contributed by atoms with E-state index in [1.807, 2.05) is 47.7 Å². The van der Waals surface area contributed by atoms with E-state index in [0.717, 1.165) is 50.6 Å². The van der Waals surface area contributed by atoms with Gasteiger partial charge in [0.1, 0.15) is 11.2 Å². The third kappa shape index (κ3) is 5.64. The molecule has 0 aliphatic heterocycles. The standard InChI is InChI=1S/C51H33N3OS/c1-4-12-32(13-5-1)33-22-24-36(25-23-33)50-52-49(35-16-8-3-9-17-35)53-51(54-50)42-20-10-19-40-43-30-37(27-29-44(43)55-48(40)42)38-26-28-41-46(31-38)56-45-21-11-18-39(47(41)45)34-14-6-2-7-15-34/h1-12,14-32H,13H2. The van der Waals surface area contributed by atoms with Gasteiger partial charge in [0, 0.05) is 48.0 Å². The van der Waals surface area contributed by atoms with Gasteiger partial charge in [0.05, 0.1) is 5.56 Å². The summed E-state index contributed by atoms with van der Waals surface area (Å²) in [6, 6.07) is 55.6. The van der Waals surface area contributed by atoms with E-state index in [9.17, 15) is 0 Å². The highest BCUT2D eigenvalue weighted by Gasteiger charge is 2.19. The van der Waals surface area contributed by atoms with Crippen molar-refractivity contribution in [2.75, 3.05) is 0 Å². The summed E-state index contributed by atoms with van der Waals surface area (Å²) in [5, 5.41) is 4.69. The fraction of sp³-hybridized carbons (Fsp3) is 0.0392. The van der Waals surface area contributed by atoms with Gasteiger partial charge in [-0.05, 0) is 64.6 Å². The van der Waals surface area contributed by atoms with Crippen LogP contribution in [0, 0.1) is 0 Å². The van der Waals surface area contributed by atoms with Crippen LogP contribution in [-0.2, 0) is 0 Å². The van der Waals surface area contributed by atoms with Crippen LogP contribution in [0.1, 0.15) is 17.9 Å². The smallest absolute Gasteiger partial charge is 0.167 e. The normalized spacial score (nSPS) is 14.0. The summed E-state index contributed by atoms with van der Waals surface area (Å²) in [6.45, 7) is 0. The number of para-hydroxylation sites is 1. The maximum Gasteiger partial charge on any atom is 0.167 e. The number of nitrogens with zero attached hydrogens (tertiary/aromatic N) is 3. The second-order valence-corrected chi connectivity index (χ2v) is 15.4. The number of fused-ring (bicyclic) bond motifs is 6. The van der Waals surface area contributed by atoms with Gasteiger partial charge in [-0.25, -0.2) is 15.0 Å². The predicted molar refractivity (Wildman–Crippen MR) is 233 cm³/mol. The van der Waals surface area contributed by atoms with Crippen LogP contribution in [0.5, 0.6) is 0 Å². The number of aromatic nitrogens is 3. The third-order valence-electron chi connectivity index (χ3n) is 10.9. The summed E-state index contributed by atoms with van der Waals surface area (Å²) < 4.78 is 9.23. The summed E-state index contributed by atoms with van der Waals surface area (Å²) in [6.07, 6.45) is 9.71. The monoisotopic (exact) mass is 735 g/mol. The van der Waals surface area contributed by atoms with Crippen LogP contribution in [0.2, 0.25) is 0 Å². The lowest BCUT2D eigenvalue weighted by molar-refractivity contribution is 0.669. The summed E-state index contributed by atoms with van der Waals surface area (Å²) >= 11 is 1.85. The lowest BCUT2D eigenvalue weighted by atomic mass is 9.92. The van der Waals surface area contributed by atoms with Crippen molar-refractivity contribution in [2.24, 2.45) is 0 Å². The molecule has 0 saturated heterocycles. The van der Waals surface area contributed by atoms with Gasteiger partial charge < -0.3 is 4.42 Å². The molecule has 11 rings (SSSR count). The van der Waals surface area contributed by atoms with E-state index < -0.39 is 0 Å². The summed E-state index contributed by atoms with van der Waals surface area (Å²) in [7, 11) is 0. The van der Waals surface area contributed by atoms with Crippen LogP contribution in [0.25, 0.3) is 98.5 Å². The topological polar surface area (TPSA) is 51.8 Å². The summed E-state index contributed by atoms with van der Waals surface area (Å²) in [5.41, 5.74) is 10.4. The number of allylic oxidation sites excluding steroid dienone is 4. The fourth-order valence-corrected chi connectivity index (χ4v) is 9.24. The molecule has 10 aromatic rings. The molecule has 0 saturated carbocycles. The Hall–Kier alpha value is -6.95. The van der Waals surface area contributed by atoms with Gasteiger partial charge in [-0.2, -0.15) is 0 Å². The molecule has 4 nitrogen and oxygen atoms in total. The minimum Gasteiger partial charge on any atom is -0.455 e. The predicted octanol–water partition coefficient (Wildman–Crippen LogP) is 14.1. The highest BCUT2D eigenvalue weighted by Crippen LogP contribution is 2.43. The van der Waals surface area contributed by atoms with Crippen LogP contribution < -0.4 is 0 Å². The molecule has 3 aromatic heterocycles. The number of hydrogen-bond acceptors (Lipinski definition) is 5. The molecule has 0 amide bonds. The van der Waals surface area contributed by atoms with Gasteiger partial charge in [0.15, 0.2) is 17.5 Å². The second kappa shape index (κ2) is 13.4. The SMILES string of the molecule is C1=CCC(c2ccc(-c3nc(-c4ccccc4)nc(-c4cccc5c4oc4ccc(-c6ccc7c(c6)sc6cccc(-c8ccccc8)c67)cc45)n3)cc2)C=C1. The number of thiophene rings is 1. The van der Waals surface area contributed by atoms with Crippen LogP contribution in [0.3, 0.4) is 0 Å². The first-order valence-electron chi connectivity index (χ1n) is 19.0. The minimum absolute atomic E-state index is 0.376. The van der Waals surface area contributed by atoms with Crippen molar-refractivity contribution in [3.05, 3.63) is 188 Å². The zero-order valence-corrected chi connectivity index (χ0v) is 31.1. The molecule has 1 aliphatic carbocycles. The Labute approximate surface area is 327 Å². The average molecular weight is 736 g/mol. The average Bonchev–Trinajstić information content (AvgIpc) is 3.85. The second-order valence-electron chi connectivity index (χ2n) is 14.3. The maximum atomic E-state index is 6.66. The van der Waals surface area contributed by atoms with Gasteiger partial charge in [-0.15, -0.1) is 11.3 Å². The van der Waals surface area contributed by atoms with Crippen LogP contribution >= 0.6 is 11.3 Å². The van der Waals surface area contributed by atoms with Crippen molar-refractivity contribution in [2.45, 2.75) is 12.3 Å². The molecule has 56 heavy (non-hydrogen) atoms. The fourth-order valence-electron chi connectivity index (χ4n) is 8.07. The number of benzene rings is 7. The van der Waals surface area contributed by atoms with Crippen molar-refractivity contribution >= 4 is 53.4 Å². The van der Waals surface area contributed by atoms with Gasteiger partial charge in [0.25, 0.3) is 0 Å². The summed E-state index contributed by atoms with van der Waals surface area (Å²) in [5.74, 6) is 2.20. The molecule has 5 heteroatoms. The molecule has 0 bridgehead atoms. The molecule has 1 aliphatic rings. The number of hydrogen-bond donors (Lipinski definition) is 0. The van der Waals surface area contributed by atoms with Gasteiger partial charge >= 0.3 is 0 Å². The first kappa shape index (κ1) is 32.5. The molecular formula is C51H33N3OS. The highest BCUT2D eigenvalue weighted by molar-refractivity contribution is 7.26. The zero-order valence-electron chi connectivity index (χ0n) is 30.3. The Bertz CT molecular complexity index is 3160. The van der Waals surface area contributed by atoms with Crippen molar-refractivity contribution in [3.8, 4) is 56.4 Å². The van der Waals surface area contributed by atoms with E-state index in [4.69, 9.17) is 19.4 Å². The Morgan fingerprint density at radius 1 is 0.482 bits per heavy atom. The Morgan fingerprint density at radius 3 is 1.95 bits per heavy atom. The first-order chi connectivity index (χ1) is 27.7. The van der Waals surface area contributed by atoms with E-state index in [2.05, 4.69) is 146 Å². The van der Waals surface area contributed by atoms with E-state index in [1.54, 1.807) is 0 Å². The zero-order chi connectivity index (χ0) is 37.0. The molecular weight excluding hydrogens is 703 g/mol. The van der Waals surface area contributed by atoms with Gasteiger partial charge in [0.2, 0.25) is 0 Å². The Kier molecular flexibility index (Phi) is 7.78.